The van der Waals surface area contributed by atoms with E-state index in [0.717, 1.165) is 28.1 Å². The molecule has 7 heteroatoms. The van der Waals surface area contributed by atoms with Gasteiger partial charge in [0.15, 0.2) is 11.5 Å². The van der Waals surface area contributed by atoms with Crippen molar-refractivity contribution in [3.63, 3.8) is 0 Å². The zero-order valence-electron chi connectivity index (χ0n) is 14.5. The molecule has 136 valence electrons. The van der Waals surface area contributed by atoms with Crippen LogP contribution in [0.4, 0.5) is 0 Å². The minimum absolute atomic E-state index is 0.188. The fraction of sp³-hybridized carbons (Fsp3) is 0.200. The molecule has 2 aliphatic heterocycles. The summed E-state index contributed by atoms with van der Waals surface area (Å²) in [5, 5.41) is 7.24. The molecule has 1 atom stereocenters. The molecule has 0 fully saturated rings. The van der Waals surface area contributed by atoms with Crippen molar-refractivity contribution < 1.29 is 23.7 Å². The molecule has 0 saturated carbocycles. The highest BCUT2D eigenvalue weighted by Crippen LogP contribution is 2.45. The van der Waals surface area contributed by atoms with Crippen LogP contribution in [-0.2, 0) is 4.79 Å². The smallest absolute Gasteiger partial charge is 0.313 e. The van der Waals surface area contributed by atoms with Crippen LogP contribution in [0.5, 0.6) is 23.1 Å². The summed E-state index contributed by atoms with van der Waals surface area (Å²) in [6.07, 6.45) is 0.231. The monoisotopic (exact) mass is 364 g/mol. The number of ether oxygens (including phenoxy) is 4. The largest absolute Gasteiger partial charge is 0.497 e. The van der Waals surface area contributed by atoms with Crippen molar-refractivity contribution in [3.05, 3.63) is 53.6 Å². The van der Waals surface area contributed by atoms with Crippen LogP contribution in [0.25, 0.3) is 11.3 Å². The lowest BCUT2D eigenvalue weighted by atomic mass is 9.85. The molecule has 0 spiro atoms. The van der Waals surface area contributed by atoms with Gasteiger partial charge >= 0.3 is 5.97 Å². The number of hydrogen-bond acceptors (Lipinski definition) is 6. The fourth-order valence-corrected chi connectivity index (χ4v) is 3.55. The van der Waals surface area contributed by atoms with Crippen LogP contribution >= 0.6 is 0 Å². The predicted molar refractivity (Wildman–Crippen MR) is 95.2 cm³/mol. The molecule has 27 heavy (non-hydrogen) atoms. The first-order chi connectivity index (χ1) is 13.2. The van der Waals surface area contributed by atoms with E-state index in [1.165, 1.54) is 0 Å². The number of H-pyrrole nitrogens is 1. The van der Waals surface area contributed by atoms with E-state index >= 15 is 0 Å². The number of carbonyl (C=O) groups excluding carboxylic acids is 1. The van der Waals surface area contributed by atoms with Gasteiger partial charge in [-0.1, -0.05) is 6.07 Å². The molecule has 1 aromatic heterocycles. The number of aromatic nitrogens is 2. The second-order valence-electron chi connectivity index (χ2n) is 6.39. The van der Waals surface area contributed by atoms with Gasteiger partial charge in [0.25, 0.3) is 0 Å². The van der Waals surface area contributed by atoms with Crippen molar-refractivity contribution in [2.24, 2.45) is 0 Å². The molecule has 7 nitrogen and oxygen atoms in total. The van der Waals surface area contributed by atoms with Gasteiger partial charge in [0.2, 0.25) is 12.7 Å². The van der Waals surface area contributed by atoms with E-state index in [1.54, 1.807) is 7.11 Å². The van der Waals surface area contributed by atoms with Crippen LogP contribution in [0.1, 0.15) is 23.5 Å². The number of esters is 1. The molecule has 0 unspecified atom stereocenters. The predicted octanol–water partition coefficient (Wildman–Crippen LogP) is 3.26. The van der Waals surface area contributed by atoms with Crippen LogP contribution in [-0.4, -0.2) is 30.1 Å². The minimum atomic E-state index is -0.307. The Hall–Kier alpha value is -3.48. The van der Waals surface area contributed by atoms with Crippen molar-refractivity contribution in [1.82, 2.24) is 10.2 Å². The number of hydrogen-bond donors (Lipinski definition) is 1. The van der Waals surface area contributed by atoms with Gasteiger partial charge in [0, 0.05) is 11.5 Å². The Bertz CT molecular complexity index is 1030. The first kappa shape index (κ1) is 15.7. The number of nitrogens with zero attached hydrogens (tertiary/aromatic N) is 1. The van der Waals surface area contributed by atoms with E-state index in [1.807, 2.05) is 42.5 Å². The zero-order valence-corrected chi connectivity index (χ0v) is 14.5. The molecule has 0 saturated heterocycles. The van der Waals surface area contributed by atoms with E-state index in [4.69, 9.17) is 18.9 Å². The molecule has 3 aromatic rings. The Balaban J connectivity index is 1.61. The molecule has 1 N–H and O–H groups in total. The number of carbonyl (C=O) groups is 1. The van der Waals surface area contributed by atoms with Crippen LogP contribution in [0, 0.1) is 0 Å². The number of nitrogens with one attached hydrogen (secondary N) is 1. The van der Waals surface area contributed by atoms with Gasteiger partial charge in [-0.05, 0) is 42.0 Å². The summed E-state index contributed by atoms with van der Waals surface area (Å²) in [6, 6.07) is 13.4. The highest BCUT2D eigenvalue weighted by Gasteiger charge is 2.34. The zero-order chi connectivity index (χ0) is 18.4. The van der Waals surface area contributed by atoms with Crippen LogP contribution in [0.15, 0.2) is 42.5 Å². The molecule has 0 amide bonds. The maximum atomic E-state index is 12.1. The summed E-state index contributed by atoms with van der Waals surface area (Å²) < 4.78 is 21.5. The van der Waals surface area contributed by atoms with Gasteiger partial charge < -0.3 is 18.9 Å². The third kappa shape index (κ3) is 2.59. The van der Waals surface area contributed by atoms with Crippen molar-refractivity contribution in [1.29, 1.82) is 0 Å². The Morgan fingerprint density at radius 2 is 1.93 bits per heavy atom. The highest BCUT2D eigenvalue weighted by atomic mass is 16.7. The number of aromatic amines is 1. The van der Waals surface area contributed by atoms with Crippen LogP contribution in [0.2, 0.25) is 0 Å². The molecule has 2 aromatic carbocycles. The van der Waals surface area contributed by atoms with Gasteiger partial charge in [-0.3, -0.25) is 9.89 Å². The van der Waals surface area contributed by atoms with Crippen molar-refractivity contribution >= 4 is 5.97 Å². The SMILES string of the molecule is COc1ccc(-c2[nH]nc3c2[C@H](c2ccc4c(c2)OCO4)CC(=O)O3)cc1. The second kappa shape index (κ2) is 6.05. The number of rotatable bonds is 3. The highest BCUT2D eigenvalue weighted by molar-refractivity contribution is 5.80. The van der Waals surface area contributed by atoms with E-state index < -0.39 is 0 Å². The quantitative estimate of drug-likeness (QED) is 0.719. The Morgan fingerprint density at radius 3 is 2.74 bits per heavy atom. The van der Waals surface area contributed by atoms with E-state index in [-0.39, 0.29) is 25.1 Å². The summed E-state index contributed by atoms with van der Waals surface area (Å²) in [5.41, 5.74) is 3.57. The van der Waals surface area contributed by atoms with Gasteiger partial charge in [-0.25, -0.2) is 0 Å². The minimum Gasteiger partial charge on any atom is -0.497 e. The van der Waals surface area contributed by atoms with E-state index in [0.29, 0.717) is 17.4 Å². The van der Waals surface area contributed by atoms with Crippen molar-refractivity contribution in [3.8, 4) is 34.4 Å². The average Bonchev–Trinajstić information content (AvgIpc) is 3.33. The number of fused-ring (bicyclic) bond motifs is 2. The standard InChI is InChI=1S/C20H16N2O5/c1-24-13-5-2-11(3-6-13)19-18-14(9-17(23)27-20(18)22-21-19)12-4-7-15-16(8-12)26-10-25-15/h2-8,14H,9-10H2,1H3,(H,21,22)/t14-/m0/s1. The van der Waals surface area contributed by atoms with Crippen molar-refractivity contribution in [2.45, 2.75) is 12.3 Å². The first-order valence-electron chi connectivity index (χ1n) is 8.56. The fourth-order valence-electron chi connectivity index (χ4n) is 3.55. The third-order valence-electron chi connectivity index (χ3n) is 4.88. The average molecular weight is 364 g/mol. The lowest BCUT2D eigenvalue weighted by Gasteiger charge is -2.22. The molecular weight excluding hydrogens is 348 g/mol. The van der Waals surface area contributed by atoms with Crippen LogP contribution < -0.4 is 18.9 Å². The molecule has 2 aliphatic rings. The Kier molecular flexibility index (Phi) is 3.53. The normalized spacial score (nSPS) is 17.4. The number of benzene rings is 2. The third-order valence-corrected chi connectivity index (χ3v) is 4.88. The van der Waals surface area contributed by atoms with E-state index in [2.05, 4.69) is 10.2 Å². The summed E-state index contributed by atoms with van der Waals surface area (Å²) in [6.45, 7) is 0.208. The lowest BCUT2D eigenvalue weighted by Crippen LogP contribution is -2.20. The van der Waals surface area contributed by atoms with Gasteiger partial charge in [0.05, 0.1) is 24.8 Å². The van der Waals surface area contributed by atoms with Crippen LogP contribution in [0.3, 0.4) is 0 Å². The molecule has 5 rings (SSSR count). The molecule has 0 bridgehead atoms. The van der Waals surface area contributed by atoms with E-state index in [9.17, 15) is 4.79 Å². The summed E-state index contributed by atoms with van der Waals surface area (Å²) in [5.74, 6) is 1.98. The van der Waals surface area contributed by atoms with Gasteiger partial charge in [-0.2, -0.15) is 0 Å². The maximum absolute atomic E-state index is 12.1. The first-order valence-corrected chi connectivity index (χ1v) is 8.56. The lowest BCUT2D eigenvalue weighted by molar-refractivity contribution is -0.135. The number of methoxy groups -OCH3 is 1. The molecule has 0 radical (unpaired) electrons. The topological polar surface area (TPSA) is 82.7 Å². The molecule has 0 aliphatic carbocycles. The maximum Gasteiger partial charge on any atom is 0.313 e. The summed E-state index contributed by atoms with van der Waals surface area (Å²) in [4.78, 5) is 12.1. The second-order valence-corrected chi connectivity index (χ2v) is 6.39. The van der Waals surface area contributed by atoms with Gasteiger partial charge in [0.1, 0.15) is 5.75 Å². The summed E-state index contributed by atoms with van der Waals surface area (Å²) in [7, 11) is 1.63. The van der Waals surface area contributed by atoms with Crippen molar-refractivity contribution in [2.75, 3.05) is 13.9 Å². The Morgan fingerprint density at radius 1 is 1.11 bits per heavy atom. The molecular formula is C20H16N2O5. The van der Waals surface area contributed by atoms with Gasteiger partial charge in [-0.15, -0.1) is 5.10 Å². The Labute approximate surface area is 154 Å². The summed E-state index contributed by atoms with van der Waals surface area (Å²) >= 11 is 0. The molecule has 3 heterocycles.